The highest BCUT2D eigenvalue weighted by atomic mass is 19.4. The maximum absolute atomic E-state index is 13.8. The molecule has 0 spiro atoms. The average Bonchev–Trinajstić information content (AvgIpc) is 3.17. The fourth-order valence-electron chi connectivity index (χ4n) is 3.74. The number of carbonyl (C=O) groups excluding carboxylic acids is 1. The fraction of sp³-hybridized carbons (Fsp3) is 0.304. The van der Waals surface area contributed by atoms with Gasteiger partial charge in [-0.15, -0.1) is 0 Å². The van der Waals surface area contributed by atoms with Gasteiger partial charge < -0.3 is 15.7 Å². The van der Waals surface area contributed by atoms with Gasteiger partial charge in [-0.1, -0.05) is 42.0 Å². The van der Waals surface area contributed by atoms with Gasteiger partial charge in [0.1, 0.15) is 5.82 Å². The molecular weight excluding hydrogens is 421 g/mol. The topological polar surface area (TPSA) is 79.2 Å². The lowest BCUT2D eigenvalue weighted by atomic mass is 9.96. The zero-order valence-corrected chi connectivity index (χ0v) is 17.5. The number of benzene rings is 2. The number of amides is 1. The molecule has 0 fully saturated rings. The molecule has 168 valence electrons. The SMILES string of the molecule is Cc1ccc(C2CC(C(F)(F)F)n3nc(C(=O)Nc4ccc(C(C)O)cc4)cc3N2)cc1. The van der Waals surface area contributed by atoms with Gasteiger partial charge in [0.15, 0.2) is 11.7 Å². The molecule has 2 aromatic carbocycles. The predicted octanol–water partition coefficient (Wildman–Crippen LogP) is 5.16. The van der Waals surface area contributed by atoms with Crippen LogP contribution >= 0.6 is 0 Å². The maximum atomic E-state index is 13.8. The quantitative estimate of drug-likeness (QED) is 0.520. The van der Waals surface area contributed by atoms with Gasteiger partial charge in [-0.25, -0.2) is 4.68 Å². The Morgan fingerprint density at radius 1 is 1.19 bits per heavy atom. The fourth-order valence-corrected chi connectivity index (χ4v) is 3.74. The van der Waals surface area contributed by atoms with E-state index in [4.69, 9.17) is 0 Å². The third kappa shape index (κ3) is 4.47. The molecule has 1 aliphatic rings. The van der Waals surface area contributed by atoms with Crippen LogP contribution < -0.4 is 10.6 Å². The molecule has 1 aromatic heterocycles. The molecule has 3 N–H and O–H groups in total. The summed E-state index contributed by atoms with van der Waals surface area (Å²) in [6, 6.07) is 12.8. The van der Waals surface area contributed by atoms with Crippen molar-refractivity contribution in [3.8, 4) is 0 Å². The summed E-state index contributed by atoms with van der Waals surface area (Å²) in [6.45, 7) is 3.53. The highest BCUT2D eigenvalue weighted by Gasteiger charge is 2.46. The van der Waals surface area contributed by atoms with E-state index in [1.165, 1.54) is 6.07 Å². The van der Waals surface area contributed by atoms with Gasteiger partial charge in [-0.3, -0.25) is 4.79 Å². The summed E-state index contributed by atoms with van der Waals surface area (Å²) in [6.07, 6.45) is -5.40. The van der Waals surface area contributed by atoms with Gasteiger partial charge in [0.25, 0.3) is 5.91 Å². The average molecular weight is 444 g/mol. The van der Waals surface area contributed by atoms with E-state index < -0.39 is 30.3 Å². The van der Waals surface area contributed by atoms with Crippen molar-refractivity contribution < 1.29 is 23.1 Å². The van der Waals surface area contributed by atoms with Crippen molar-refractivity contribution >= 4 is 17.4 Å². The van der Waals surface area contributed by atoms with E-state index in [1.54, 1.807) is 43.3 Å². The second kappa shape index (κ2) is 8.31. The van der Waals surface area contributed by atoms with Gasteiger partial charge in [0, 0.05) is 18.2 Å². The number of hydrogen-bond acceptors (Lipinski definition) is 4. The lowest BCUT2D eigenvalue weighted by molar-refractivity contribution is -0.173. The Bertz CT molecular complexity index is 1110. The zero-order chi connectivity index (χ0) is 23.0. The second-order valence-electron chi connectivity index (χ2n) is 8.01. The number of carbonyl (C=O) groups is 1. The predicted molar refractivity (Wildman–Crippen MR) is 115 cm³/mol. The van der Waals surface area contributed by atoms with E-state index in [0.29, 0.717) is 11.3 Å². The number of aliphatic hydroxyl groups excluding tert-OH is 1. The van der Waals surface area contributed by atoms with Crippen molar-refractivity contribution in [2.24, 2.45) is 0 Å². The van der Waals surface area contributed by atoms with Crippen LogP contribution in [-0.2, 0) is 0 Å². The number of anilines is 2. The van der Waals surface area contributed by atoms with Crippen LogP contribution in [0.25, 0.3) is 0 Å². The van der Waals surface area contributed by atoms with Gasteiger partial charge in [0.05, 0.1) is 12.1 Å². The first-order chi connectivity index (χ1) is 15.1. The Morgan fingerprint density at radius 2 is 1.84 bits per heavy atom. The van der Waals surface area contributed by atoms with E-state index >= 15 is 0 Å². The minimum Gasteiger partial charge on any atom is -0.389 e. The van der Waals surface area contributed by atoms with Crippen molar-refractivity contribution in [3.05, 3.63) is 77.0 Å². The summed E-state index contributed by atoms with van der Waals surface area (Å²) >= 11 is 0. The molecule has 4 rings (SSSR count). The highest BCUT2D eigenvalue weighted by molar-refractivity contribution is 6.03. The molecule has 3 aromatic rings. The smallest absolute Gasteiger partial charge is 0.389 e. The summed E-state index contributed by atoms with van der Waals surface area (Å²) in [5, 5.41) is 19.3. The monoisotopic (exact) mass is 444 g/mol. The number of hydrogen-bond donors (Lipinski definition) is 3. The van der Waals surface area contributed by atoms with E-state index in [1.807, 2.05) is 19.1 Å². The minimum atomic E-state index is -4.52. The van der Waals surface area contributed by atoms with Crippen LogP contribution in [0.1, 0.15) is 58.7 Å². The third-order valence-corrected chi connectivity index (χ3v) is 5.55. The molecule has 32 heavy (non-hydrogen) atoms. The van der Waals surface area contributed by atoms with E-state index in [2.05, 4.69) is 15.7 Å². The number of fused-ring (bicyclic) bond motifs is 1. The lowest BCUT2D eigenvalue weighted by Gasteiger charge is -2.33. The van der Waals surface area contributed by atoms with Crippen LogP contribution in [0.2, 0.25) is 0 Å². The van der Waals surface area contributed by atoms with Gasteiger partial charge >= 0.3 is 6.18 Å². The van der Waals surface area contributed by atoms with Crippen molar-refractivity contribution in [1.29, 1.82) is 0 Å². The molecule has 1 aliphatic heterocycles. The van der Waals surface area contributed by atoms with Crippen LogP contribution in [0.3, 0.4) is 0 Å². The van der Waals surface area contributed by atoms with Gasteiger partial charge in [-0.2, -0.15) is 18.3 Å². The number of aliphatic hydroxyl groups is 1. The summed E-state index contributed by atoms with van der Waals surface area (Å²) in [7, 11) is 0. The molecule has 0 aliphatic carbocycles. The number of rotatable bonds is 4. The lowest BCUT2D eigenvalue weighted by Crippen LogP contribution is -2.35. The van der Waals surface area contributed by atoms with Crippen LogP contribution in [-0.4, -0.2) is 27.0 Å². The third-order valence-electron chi connectivity index (χ3n) is 5.55. The molecule has 0 saturated carbocycles. The van der Waals surface area contributed by atoms with E-state index in [0.717, 1.165) is 15.8 Å². The van der Waals surface area contributed by atoms with Crippen molar-refractivity contribution in [3.63, 3.8) is 0 Å². The Balaban J connectivity index is 1.59. The Hall–Kier alpha value is -3.33. The standard InChI is InChI=1S/C23H23F3N4O2/c1-13-3-5-16(6-4-13)18-11-20(23(24,25)26)30-21(28-18)12-19(29-30)22(32)27-17-9-7-15(8-10-17)14(2)31/h3-10,12,14,18,20,28,31H,11H2,1-2H3,(H,27,32). The largest absolute Gasteiger partial charge is 0.410 e. The summed E-state index contributed by atoms with van der Waals surface area (Å²) in [5.41, 5.74) is 2.76. The van der Waals surface area contributed by atoms with Crippen molar-refractivity contribution in [2.75, 3.05) is 10.6 Å². The van der Waals surface area contributed by atoms with E-state index in [9.17, 15) is 23.1 Å². The number of nitrogens with one attached hydrogen (secondary N) is 2. The van der Waals surface area contributed by atoms with Crippen molar-refractivity contribution in [1.82, 2.24) is 9.78 Å². The summed E-state index contributed by atoms with van der Waals surface area (Å²) in [4.78, 5) is 12.7. The van der Waals surface area contributed by atoms with Crippen molar-refractivity contribution in [2.45, 2.75) is 44.6 Å². The Morgan fingerprint density at radius 3 is 2.44 bits per heavy atom. The molecule has 0 radical (unpaired) electrons. The first-order valence-corrected chi connectivity index (χ1v) is 10.2. The number of halogens is 3. The van der Waals surface area contributed by atoms with Gasteiger partial charge in [0.2, 0.25) is 0 Å². The number of nitrogens with zero attached hydrogens (tertiary/aromatic N) is 2. The molecule has 6 nitrogen and oxygen atoms in total. The van der Waals surface area contributed by atoms with Crippen LogP contribution in [0, 0.1) is 6.92 Å². The summed E-state index contributed by atoms with van der Waals surface area (Å²) in [5.74, 6) is -0.481. The Kier molecular flexibility index (Phi) is 5.68. The molecule has 2 heterocycles. The zero-order valence-electron chi connectivity index (χ0n) is 17.5. The Labute approximate surface area is 183 Å². The van der Waals surface area contributed by atoms with Crippen LogP contribution in [0.5, 0.6) is 0 Å². The first-order valence-electron chi connectivity index (χ1n) is 10.2. The van der Waals surface area contributed by atoms with Crippen LogP contribution in [0.15, 0.2) is 54.6 Å². The second-order valence-corrected chi connectivity index (χ2v) is 8.01. The number of aromatic nitrogens is 2. The van der Waals surface area contributed by atoms with Crippen LogP contribution in [0.4, 0.5) is 24.7 Å². The molecule has 9 heteroatoms. The molecule has 0 bridgehead atoms. The summed E-state index contributed by atoms with van der Waals surface area (Å²) < 4.78 is 42.3. The molecule has 3 unspecified atom stereocenters. The highest BCUT2D eigenvalue weighted by Crippen LogP contribution is 2.43. The maximum Gasteiger partial charge on any atom is 0.410 e. The number of aryl methyl sites for hydroxylation is 1. The first kappa shape index (κ1) is 21.9. The molecule has 0 saturated heterocycles. The van der Waals surface area contributed by atoms with Gasteiger partial charge in [-0.05, 0) is 37.1 Å². The molecule has 1 amide bonds. The minimum absolute atomic E-state index is 0.120. The van der Waals surface area contributed by atoms with E-state index in [-0.39, 0.29) is 17.9 Å². The molecule has 3 atom stereocenters. The normalized spacial score (nSPS) is 19.1. The molecular formula is C23H23F3N4O2. The number of alkyl halides is 3.